The number of rotatable bonds is 2. The molecule has 4 rings (SSSR count). The summed E-state index contributed by atoms with van der Waals surface area (Å²) in [5, 5.41) is 17.3. The van der Waals surface area contributed by atoms with E-state index >= 15 is 0 Å². The van der Waals surface area contributed by atoms with Gasteiger partial charge in [-0.1, -0.05) is 42.5 Å². The number of hydrogen-bond donors (Lipinski definition) is 1. The summed E-state index contributed by atoms with van der Waals surface area (Å²) in [6, 6.07) is 14.6. The second-order valence-corrected chi connectivity index (χ2v) is 7.12. The highest BCUT2D eigenvalue weighted by molar-refractivity contribution is 5.95. The Morgan fingerprint density at radius 3 is 2.65 bits per heavy atom. The van der Waals surface area contributed by atoms with Crippen LogP contribution in [0.4, 0.5) is 0 Å². The van der Waals surface area contributed by atoms with E-state index in [-0.39, 0.29) is 11.8 Å². The van der Waals surface area contributed by atoms with Crippen molar-refractivity contribution in [2.45, 2.75) is 25.4 Å². The number of aromatic nitrogens is 2. The Hall–Kier alpha value is -2.66. The minimum Gasteiger partial charge on any atom is -0.391 e. The van der Waals surface area contributed by atoms with Crippen LogP contribution in [0.5, 0.6) is 0 Å². The number of aryl methyl sites for hydroxylation is 2. The maximum atomic E-state index is 12.8. The van der Waals surface area contributed by atoms with Gasteiger partial charge in [0.2, 0.25) is 0 Å². The summed E-state index contributed by atoms with van der Waals surface area (Å²) in [4.78, 5) is 14.5. The van der Waals surface area contributed by atoms with E-state index in [0.717, 1.165) is 17.7 Å². The summed E-state index contributed by atoms with van der Waals surface area (Å²) in [5.74, 6) is 0.00487. The van der Waals surface area contributed by atoms with Crippen LogP contribution in [-0.4, -0.2) is 44.9 Å². The molecule has 1 aromatic heterocycles. The molecule has 0 spiro atoms. The number of carbonyl (C=O) groups is 1. The Bertz CT molecular complexity index is 963. The van der Waals surface area contributed by atoms with E-state index in [1.165, 1.54) is 10.8 Å². The average Bonchev–Trinajstić information content (AvgIpc) is 2.98. The van der Waals surface area contributed by atoms with Crippen molar-refractivity contribution in [2.24, 2.45) is 7.05 Å². The molecule has 26 heavy (non-hydrogen) atoms. The first kappa shape index (κ1) is 16.8. The highest BCUT2D eigenvalue weighted by atomic mass is 16.3. The number of hydrogen-bond acceptors (Lipinski definition) is 3. The van der Waals surface area contributed by atoms with Gasteiger partial charge in [-0.2, -0.15) is 5.10 Å². The fourth-order valence-electron chi connectivity index (χ4n) is 3.92. The average molecular weight is 349 g/mol. The van der Waals surface area contributed by atoms with Gasteiger partial charge in [0.25, 0.3) is 5.91 Å². The van der Waals surface area contributed by atoms with Crippen LogP contribution in [-0.2, 0) is 7.05 Å². The predicted molar refractivity (Wildman–Crippen MR) is 101 cm³/mol. The first-order valence-corrected chi connectivity index (χ1v) is 8.99. The van der Waals surface area contributed by atoms with Gasteiger partial charge in [0, 0.05) is 32.3 Å². The zero-order valence-corrected chi connectivity index (χ0v) is 15.1. The van der Waals surface area contributed by atoms with Crippen LogP contribution in [0, 0.1) is 6.92 Å². The Balaban J connectivity index is 1.52. The lowest BCUT2D eigenvalue weighted by Crippen LogP contribution is -2.45. The number of benzene rings is 2. The van der Waals surface area contributed by atoms with Gasteiger partial charge in [-0.25, -0.2) is 0 Å². The summed E-state index contributed by atoms with van der Waals surface area (Å²) in [6.07, 6.45) is 1.94. The largest absolute Gasteiger partial charge is 0.391 e. The molecule has 3 aromatic rings. The lowest BCUT2D eigenvalue weighted by molar-refractivity contribution is 0.0381. The van der Waals surface area contributed by atoms with Crippen LogP contribution in [0.2, 0.25) is 0 Å². The Labute approximate surface area is 152 Å². The number of nitrogens with zero attached hydrogens (tertiary/aromatic N) is 3. The molecule has 2 aromatic carbocycles. The molecule has 0 radical (unpaired) electrons. The molecule has 5 heteroatoms. The van der Waals surface area contributed by atoms with Crippen LogP contribution in [0.1, 0.15) is 34.0 Å². The summed E-state index contributed by atoms with van der Waals surface area (Å²) in [5.41, 5.74) is 2.48. The SMILES string of the molecule is Cc1nn(C)cc1C(=O)N1CC[C@@H](c2ccc3ccccc3c2)[C@H](O)C1. The van der Waals surface area contributed by atoms with Gasteiger partial charge >= 0.3 is 0 Å². The van der Waals surface area contributed by atoms with Gasteiger partial charge < -0.3 is 10.0 Å². The van der Waals surface area contributed by atoms with Crippen molar-refractivity contribution in [2.75, 3.05) is 13.1 Å². The highest BCUT2D eigenvalue weighted by Crippen LogP contribution is 2.31. The quantitative estimate of drug-likeness (QED) is 0.774. The van der Waals surface area contributed by atoms with Crippen molar-refractivity contribution < 1.29 is 9.90 Å². The van der Waals surface area contributed by atoms with Crippen molar-refractivity contribution in [3.63, 3.8) is 0 Å². The topological polar surface area (TPSA) is 58.4 Å². The van der Waals surface area contributed by atoms with Gasteiger partial charge in [0.1, 0.15) is 0 Å². The monoisotopic (exact) mass is 349 g/mol. The number of amides is 1. The van der Waals surface area contributed by atoms with Crippen LogP contribution < -0.4 is 0 Å². The standard InChI is InChI=1S/C21H23N3O2/c1-14-19(12-23(2)22-14)21(26)24-10-9-18(20(25)13-24)17-8-7-15-5-3-4-6-16(15)11-17/h3-8,11-12,18,20,25H,9-10,13H2,1-2H3/t18-,20+/m0/s1. The van der Waals surface area contributed by atoms with E-state index < -0.39 is 6.10 Å². The van der Waals surface area contributed by atoms with E-state index in [0.29, 0.717) is 18.7 Å². The molecule has 1 amide bonds. The zero-order valence-electron chi connectivity index (χ0n) is 15.1. The number of aliphatic hydroxyl groups excluding tert-OH is 1. The first-order chi connectivity index (χ1) is 12.5. The van der Waals surface area contributed by atoms with Gasteiger partial charge in [-0.3, -0.25) is 9.48 Å². The van der Waals surface area contributed by atoms with E-state index in [4.69, 9.17) is 0 Å². The lowest BCUT2D eigenvalue weighted by Gasteiger charge is -2.36. The summed E-state index contributed by atoms with van der Waals surface area (Å²) in [7, 11) is 1.81. The van der Waals surface area contributed by atoms with Crippen molar-refractivity contribution in [3.8, 4) is 0 Å². The number of β-amino-alcohol motifs (C(OH)–C–C–N with tert-alkyl or cyclic N) is 1. The molecule has 0 saturated carbocycles. The van der Waals surface area contributed by atoms with Gasteiger partial charge in [0.05, 0.1) is 17.4 Å². The number of likely N-dealkylation sites (tertiary alicyclic amines) is 1. The minimum atomic E-state index is -0.564. The molecule has 0 unspecified atom stereocenters. The van der Waals surface area contributed by atoms with Gasteiger partial charge in [-0.15, -0.1) is 0 Å². The molecular weight excluding hydrogens is 326 g/mol. The zero-order chi connectivity index (χ0) is 18.3. The number of fused-ring (bicyclic) bond motifs is 1. The lowest BCUT2D eigenvalue weighted by atomic mass is 9.86. The first-order valence-electron chi connectivity index (χ1n) is 8.99. The molecule has 1 aliphatic heterocycles. The number of piperidine rings is 1. The van der Waals surface area contributed by atoms with E-state index in [1.807, 2.05) is 26.1 Å². The predicted octanol–water partition coefficient (Wildman–Crippen LogP) is 2.87. The van der Waals surface area contributed by atoms with E-state index in [2.05, 4.69) is 35.4 Å². The maximum absolute atomic E-state index is 12.8. The van der Waals surface area contributed by atoms with Crippen LogP contribution >= 0.6 is 0 Å². The van der Waals surface area contributed by atoms with Crippen molar-refractivity contribution in [1.29, 1.82) is 0 Å². The molecule has 1 aliphatic rings. The van der Waals surface area contributed by atoms with Gasteiger partial charge in [0.15, 0.2) is 0 Å². The molecule has 2 atom stereocenters. The highest BCUT2D eigenvalue weighted by Gasteiger charge is 2.32. The molecule has 1 N–H and O–H groups in total. The van der Waals surface area contributed by atoms with Crippen molar-refractivity contribution in [1.82, 2.24) is 14.7 Å². The Morgan fingerprint density at radius 1 is 1.19 bits per heavy atom. The molecular formula is C21H23N3O2. The van der Waals surface area contributed by atoms with Crippen LogP contribution in [0.3, 0.4) is 0 Å². The molecule has 1 fully saturated rings. The number of carbonyl (C=O) groups excluding carboxylic acids is 1. The Kier molecular flexibility index (Phi) is 4.24. The van der Waals surface area contributed by atoms with Crippen molar-refractivity contribution in [3.05, 3.63) is 65.5 Å². The fraction of sp³-hybridized carbons (Fsp3) is 0.333. The minimum absolute atomic E-state index is 0.0494. The third-order valence-corrected chi connectivity index (χ3v) is 5.31. The summed E-state index contributed by atoms with van der Waals surface area (Å²) >= 11 is 0. The molecule has 0 aliphatic carbocycles. The van der Waals surface area contributed by atoms with E-state index in [1.54, 1.807) is 15.8 Å². The second kappa shape index (κ2) is 6.57. The summed E-state index contributed by atoms with van der Waals surface area (Å²) < 4.78 is 1.65. The number of aliphatic hydroxyl groups is 1. The molecule has 1 saturated heterocycles. The fourth-order valence-corrected chi connectivity index (χ4v) is 3.92. The summed E-state index contributed by atoms with van der Waals surface area (Å²) in [6.45, 7) is 2.83. The third-order valence-electron chi connectivity index (χ3n) is 5.31. The second-order valence-electron chi connectivity index (χ2n) is 7.12. The van der Waals surface area contributed by atoms with E-state index in [9.17, 15) is 9.90 Å². The third kappa shape index (κ3) is 2.99. The molecule has 0 bridgehead atoms. The maximum Gasteiger partial charge on any atom is 0.257 e. The smallest absolute Gasteiger partial charge is 0.257 e. The molecule has 5 nitrogen and oxygen atoms in total. The molecule has 134 valence electrons. The van der Waals surface area contributed by atoms with Gasteiger partial charge in [-0.05, 0) is 29.7 Å². The Morgan fingerprint density at radius 2 is 1.96 bits per heavy atom. The molecule has 2 heterocycles. The van der Waals surface area contributed by atoms with Crippen molar-refractivity contribution >= 4 is 16.7 Å². The van der Waals surface area contributed by atoms with Crippen LogP contribution in [0.15, 0.2) is 48.7 Å². The van der Waals surface area contributed by atoms with Crippen LogP contribution in [0.25, 0.3) is 10.8 Å². The normalized spacial score (nSPS) is 20.5.